The quantitative estimate of drug-likeness (QED) is 0.512. The zero-order valence-corrected chi connectivity index (χ0v) is 18.0. The molecule has 2 aromatic rings. The molecule has 0 spiro atoms. The molecule has 0 radical (unpaired) electrons. The van der Waals surface area contributed by atoms with Crippen molar-refractivity contribution in [2.75, 3.05) is 32.2 Å². The van der Waals surface area contributed by atoms with E-state index in [2.05, 4.69) is 20.7 Å². The van der Waals surface area contributed by atoms with Crippen LogP contribution in [0.25, 0.3) is 0 Å². The first-order chi connectivity index (χ1) is 13.2. The summed E-state index contributed by atoms with van der Waals surface area (Å²) >= 11 is 9.22. The number of benzene rings is 2. The number of carbonyl (C=O) groups is 1. The van der Waals surface area contributed by atoms with E-state index in [4.69, 9.17) is 25.8 Å². The van der Waals surface area contributed by atoms with Gasteiger partial charge in [-0.15, -0.1) is 0 Å². The van der Waals surface area contributed by atoms with Gasteiger partial charge in [-0.2, -0.15) is 0 Å². The molecule has 0 saturated heterocycles. The molecule has 0 aliphatic rings. The molecule has 0 aliphatic heterocycles. The Bertz CT molecular complexity index is 982. The number of ether oxygens (including phenoxy) is 3. The van der Waals surface area contributed by atoms with Crippen LogP contribution in [-0.2, 0) is 14.8 Å². The smallest absolute Gasteiger partial charge is 0.337 e. The summed E-state index contributed by atoms with van der Waals surface area (Å²) in [6, 6.07) is 6.63. The van der Waals surface area contributed by atoms with Crippen LogP contribution in [0.15, 0.2) is 39.7 Å². The van der Waals surface area contributed by atoms with E-state index in [1.165, 1.54) is 44.6 Å². The first kappa shape index (κ1) is 22.3. The molecule has 2 N–H and O–H groups in total. The van der Waals surface area contributed by atoms with Crippen molar-refractivity contribution < 1.29 is 32.5 Å². The summed E-state index contributed by atoms with van der Waals surface area (Å²) in [5.41, 5.74) is -0.507. The first-order valence-corrected chi connectivity index (χ1v) is 10.4. The Morgan fingerprint density at radius 2 is 1.89 bits per heavy atom. The van der Waals surface area contributed by atoms with Gasteiger partial charge in [0.15, 0.2) is 11.5 Å². The van der Waals surface area contributed by atoms with Crippen molar-refractivity contribution in [3.8, 4) is 11.5 Å². The molecule has 0 unspecified atom stereocenters. The lowest BCUT2D eigenvalue weighted by Crippen LogP contribution is -2.16. The zero-order valence-electron chi connectivity index (χ0n) is 14.9. The van der Waals surface area contributed by atoms with Crippen LogP contribution < -0.4 is 14.2 Å². The molecular formula is C17H17BrClNO7S. The van der Waals surface area contributed by atoms with Crippen LogP contribution in [0.2, 0.25) is 5.02 Å². The van der Waals surface area contributed by atoms with Gasteiger partial charge in [-0.05, 0) is 18.2 Å². The van der Waals surface area contributed by atoms with E-state index in [0.717, 1.165) is 0 Å². The van der Waals surface area contributed by atoms with Gasteiger partial charge in [0.2, 0.25) is 0 Å². The summed E-state index contributed by atoms with van der Waals surface area (Å²) in [5, 5.41) is 9.44. The van der Waals surface area contributed by atoms with Crippen molar-refractivity contribution in [3.05, 3.63) is 45.4 Å². The highest BCUT2D eigenvalue weighted by atomic mass is 79.9. The van der Waals surface area contributed by atoms with E-state index >= 15 is 0 Å². The van der Waals surface area contributed by atoms with E-state index in [-0.39, 0.29) is 45.9 Å². The Kier molecular flexibility index (Phi) is 7.53. The molecular weight excluding hydrogens is 478 g/mol. The SMILES string of the molecule is COCCOc1cc(NS(=O)(=O)c2ccc(Br)cc2Cl)c(C(=O)O)cc1OC. The van der Waals surface area contributed by atoms with Crippen LogP contribution in [0.4, 0.5) is 5.69 Å². The highest BCUT2D eigenvalue weighted by Gasteiger charge is 2.23. The number of carboxylic acids is 1. The molecule has 152 valence electrons. The van der Waals surface area contributed by atoms with Gasteiger partial charge in [-0.25, -0.2) is 13.2 Å². The largest absolute Gasteiger partial charge is 0.493 e. The van der Waals surface area contributed by atoms with E-state index in [9.17, 15) is 18.3 Å². The van der Waals surface area contributed by atoms with Crippen LogP contribution in [-0.4, -0.2) is 46.9 Å². The fourth-order valence-corrected chi connectivity index (χ4v) is 4.33. The molecule has 11 heteroatoms. The lowest BCUT2D eigenvalue weighted by molar-refractivity contribution is 0.0697. The number of nitrogens with one attached hydrogen (secondary N) is 1. The zero-order chi connectivity index (χ0) is 20.9. The van der Waals surface area contributed by atoms with Crippen LogP contribution in [0, 0.1) is 0 Å². The molecule has 0 aliphatic carbocycles. The predicted molar refractivity (Wildman–Crippen MR) is 107 cm³/mol. The minimum absolute atomic E-state index is 0.0242. The van der Waals surface area contributed by atoms with E-state index < -0.39 is 16.0 Å². The summed E-state index contributed by atoms with van der Waals surface area (Å²) in [6.07, 6.45) is 0. The average molecular weight is 495 g/mol. The maximum atomic E-state index is 12.7. The molecule has 0 fully saturated rings. The number of hydrogen-bond acceptors (Lipinski definition) is 6. The van der Waals surface area contributed by atoms with Crippen molar-refractivity contribution in [2.24, 2.45) is 0 Å². The third-order valence-corrected chi connectivity index (χ3v) is 5.85. The summed E-state index contributed by atoms with van der Waals surface area (Å²) in [7, 11) is -1.33. The Morgan fingerprint density at radius 1 is 1.18 bits per heavy atom. The minimum Gasteiger partial charge on any atom is -0.493 e. The van der Waals surface area contributed by atoms with Crippen LogP contribution in [0.5, 0.6) is 11.5 Å². The second-order valence-corrected chi connectivity index (χ2v) is 8.35. The number of carboxylic acid groups (broad SMARTS) is 1. The summed E-state index contributed by atoms with van der Waals surface area (Å²) in [5.74, 6) is -1.05. The van der Waals surface area contributed by atoms with Crippen molar-refractivity contribution in [3.63, 3.8) is 0 Å². The summed E-state index contributed by atoms with van der Waals surface area (Å²) in [6.45, 7) is 0.434. The van der Waals surface area contributed by atoms with Crippen LogP contribution in [0.1, 0.15) is 10.4 Å². The number of aromatic carboxylic acids is 1. The minimum atomic E-state index is -4.17. The average Bonchev–Trinajstić information content (AvgIpc) is 2.61. The Labute approximate surface area is 175 Å². The number of hydrogen-bond donors (Lipinski definition) is 2. The number of sulfonamides is 1. The fourth-order valence-electron chi connectivity index (χ4n) is 2.22. The highest BCUT2D eigenvalue weighted by molar-refractivity contribution is 9.10. The maximum Gasteiger partial charge on any atom is 0.337 e. The second kappa shape index (κ2) is 9.46. The van der Waals surface area contributed by atoms with Crippen molar-refractivity contribution >= 4 is 49.2 Å². The van der Waals surface area contributed by atoms with E-state index in [1.54, 1.807) is 0 Å². The van der Waals surface area contributed by atoms with Crippen molar-refractivity contribution in [1.82, 2.24) is 0 Å². The molecule has 2 rings (SSSR count). The van der Waals surface area contributed by atoms with Gasteiger partial charge in [-0.3, -0.25) is 4.72 Å². The Morgan fingerprint density at radius 3 is 2.46 bits per heavy atom. The van der Waals surface area contributed by atoms with Gasteiger partial charge in [0.05, 0.1) is 30.0 Å². The fraction of sp³-hybridized carbons (Fsp3) is 0.235. The van der Waals surface area contributed by atoms with E-state index in [0.29, 0.717) is 4.47 Å². The van der Waals surface area contributed by atoms with Gasteiger partial charge in [0, 0.05) is 23.7 Å². The topological polar surface area (TPSA) is 111 Å². The molecule has 0 aromatic heterocycles. The third-order valence-electron chi connectivity index (χ3n) is 3.51. The second-order valence-electron chi connectivity index (χ2n) is 5.38. The van der Waals surface area contributed by atoms with Gasteiger partial charge in [0.1, 0.15) is 11.5 Å². The van der Waals surface area contributed by atoms with Crippen molar-refractivity contribution in [2.45, 2.75) is 4.90 Å². The molecule has 0 heterocycles. The number of halogens is 2. The van der Waals surface area contributed by atoms with Crippen molar-refractivity contribution in [1.29, 1.82) is 0 Å². The monoisotopic (exact) mass is 493 g/mol. The summed E-state index contributed by atoms with van der Waals surface area (Å²) in [4.78, 5) is 11.4. The molecule has 2 aromatic carbocycles. The van der Waals surface area contributed by atoms with Gasteiger partial charge in [-0.1, -0.05) is 27.5 Å². The van der Waals surface area contributed by atoms with Gasteiger partial charge >= 0.3 is 5.97 Å². The Hall–Kier alpha value is -2.01. The molecule has 0 atom stereocenters. The standard InChI is InChI=1S/C17H17BrClNO7S/c1-25-5-6-27-15-9-13(11(17(21)22)8-14(15)26-2)20-28(23,24)16-4-3-10(18)7-12(16)19/h3-4,7-9,20H,5-6H2,1-2H3,(H,21,22). The summed E-state index contributed by atoms with van der Waals surface area (Å²) < 4.78 is 43.9. The maximum absolute atomic E-state index is 12.7. The lowest BCUT2D eigenvalue weighted by atomic mass is 10.1. The van der Waals surface area contributed by atoms with Gasteiger partial charge < -0.3 is 19.3 Å². The molecule has 0 amide bonds. The lowest BCUT2D eigenvalue weighted by Gasteiger charge is -2.16. The Balaban J connectivity index is 2.49. The number of methoxy groups -OCH3 is 2. The van der Waals surface area contributed by atoms with Gasteiger partial charge in [0.25, 0.3) is 10.0 Å². The van der Waals surface area contributed by atoms with Crippen LogP contribution in [0.3, 0.4) is 0 Å². The number of rotatable bonds is 9. The third kappa shape index (κ3) is 5.28. The highest BCUT2D eigenvalue weighted by Crippen LogP contribution is 2.35. The van der Waals surface area contributed by atoms with E-state index in [1.807, 2.05) is 0 Å². The molecule has 0 saturated carbocycles. The van der Waals surface area contributed by atoms with Crippen LogP contribution >= 0.6 is 27.5 Å². The normalized spacial score (nSPS) is 11.1. The number of anilines is 1. The molecule has 28 heavy (non-hydrogen) atoms. The molecule has 8 nitrogen and oxygen atoms in total. The molecule has 0 bridgehead atoms. The first-order valence-electron chi connectivity index (χ1n) is 7.74. The predicted octanol–water partition coefficient (Wildman–Crippen LogP) is 3.64.